The summed E-state index contributed by atoms with van der Waals surface area (Å²) >= 11 is 0. The van der Waals surface area contributed by atoms with E-state index in [0.29, 0.717) is 18.8 Å². The quantitative estimate of drug-likeness (QED) is 0.642. The van der Waals surface area contributed by atoms with Gasteiger partial charge in [0.2, 0.25) is 0 Å². The van der Waals surface area contributed by atoms with Crippen molar-refractivity contribution in [2.24, 2.45) is 5.92 Å². The van der Waals surface area contributed by atoms with Crippen LogP contribution in [0.1, 0.15) is 13.3 Å². The fourth-order valence-electron chi connectivity index (χ4n) is 2.27. The molecule has 1 aromatic rings. The lowest BCUT2D eigenvalue weighted by Crippen LogP contribution is -2.33. The van der Waals surface area contributed by atoms with Crippen LogP contribution in [0.25, 0.3) is 0 Å². The predicted octanol–water partition coefficient (Wildman–Crippen LogP) is 1.29. The summed E-state index contributed by atoms with van der Waals surface area (Å²) in [5.41, 5.74) is -0.0361. The first-order valence-electron chi connectivity index (χ1n) is 5.60. The van der Waals surface area contributed by atoms with E-state index in [1.807, 2.05) is 0 Å². The topological polar surface area (TPSA) is 96.6 Å². The molecule has 0 amide bonds. The monoisotopic (exact) mass is 251 g/mol. The minimum atomic E-state index is -0.838. The summed E-state index contributed by atoms with van der Waals surface area (Å²) in [5, 5.41) is 19.7. The molecule has 0 radical (unpaired) electrons. The second-order valence-electron chi connectivity index (χ2n) is 4.30. The molecule has 7 nitrogen and oxygen atoms in total. The summed E-state index contributed by atoms with van der Waals surface area (Å²) < 4.78 is 0. The first-order chi connectivity index (χ1) is 8.50. The predicted molar refractivity (Wildman–Crippen MR) is 63.4 cm³/mol. The Morgan fingerprint density at radius 1 is 1.67 bits per heavy atom. The lowest BCUT2D eigenvalue weighted by atomic mass is 10.0. The molecule has 2 atom stereocenters. The van der Waals surface area contributed by atoms with E-state index in [1.165, 1.54) is 18.3 Å². The number of aromatic nitrogens is 1. The molecule has 1 aliphatic rings. The van der Waals surface area contributed by atoms with Crippen molar-refractivity contribution in [3.8, 4) is 0 Å². The third-order valence-electron chi connectivity index (χ3n) is 3.31. The lowest BCUT2D eigenvalue weighted by Gasteiger charge is -2.23. The Kier molecular flexibility index (Phi) is 3.14. The van der Waals surface area contributed by atoms with Crippen LogP contribution in [0.4, 0.5) is 11.5 Å². The number of nitrogens with zero attached hydrogens (tertiary/aromatic N) is 3. The average Bonchev–Trinajstić information content (AvgIpc) is 2.71. The number of nitro groups is 1. The Labute approximate surface area is 103 Å². The number of carboxylic acid groups (broad SMARTS) is 1. The van der Waals surface area contributed by atoms with Crippen molar-refractivity contribution in [1.29, 1.82) is 0 Å². The summed E-state index contributed by atoms with van der Waals surface area (Å²) in [6, 6.07) is 2.48. The molecule has 2 rings (SSSR count). The van der Waals surface area contributed by atoms with Gasteiger partial charge in [0.15, 0.2) is 0 Å². The van der Waals surface area contributed by atoms with Crippen LogP contribution in [0.5, 0.6) is 0 Å². The Morgan fingerprint density at radius 3 is 2.94 bits per heavy atom. The van der Waals surface area contributed by atoms with Gasteiger partial charge >= 0.3 is 5.97 Å². The van der Waals surface area contributed by atoms with Crippen molar-refractivity contribution in [3.05, 3.63) is 28.4 Å². The van der Waals surface area contributed by atoms with E-state index in [4.69, 9.17) is 5.11 Å². The van der Waals surface area contributed by atoms with Crippen molar-refractivity contribution in [3.63, 3.8) is 0 Å². The zero-order valence-corrected chi connectivity index (χ0v) is 9.81. The van der Waals surface area contributed by atoms with Gasteiger partial charge < -0.3 is 10.0 Å². The van der Waals surface area contributed by atoms with Crippen LogP contribution >= 0.6 is 0 Å². The molecule has 1 aromatic heterocycles. The molecule has 7 heteroatoms. The first kappa shape index (κ1) is 12.3. The van der Waals surface area contributed by atoms with Crippen LogP contribution in [-0.4, -0.2) is 33.6 Å². The summed E-state index contributed by atoms with van der Waals surface area (Å²) in [4.78, 5) is 27.1. The van der Waals surface area contributed by atoms with Crippen LogP contribution < -0.4 is 4.90 Å². The fourth-order valence-corrected chi connectivity index (χ4v) is 2.27. The van der Waals surface area contributed by atoms with Gasteiger partial charge in [0.1, 0.15) is 5.82 Å². The van der Waals surface area contributed by atoms with Crippen LogP contribution in [0.2, 0.25) is 0 Å². The Morgan fingerprint density at radius 2 is 2.39 bits per heavy atom. The van der Waals surface area contributed by atoms with Crippen molar-refractivity contribution in [1.82, 2.24) is 4.98 Å². The number of hydrogen-bond acceptors (Lipinski definition) is 5. The maximum Gasteiger partial charge on any atom is 0.308 e. The van der Waals surface area contributed by atoms with E-state index in [0.717, 1.165) is 0 Å². The van der Waals surface area contributed by atoms with Gasteiger partial charge in [-0.15, -0.1) is 0 Å². The van der Waals surface area contributed by atoms with Gasteiger partial charge in [0.05, 0.1) is 16.9 Å². The summed E-state index contributed by atoms with van der Waals surface area (Å²) in [6.07, 6.45) is 1.90. The molecule has 2 unspecified atom stereocenters. The van der Waals surface area contributed by atoms with Crippen LogP contribution in [-0.2, 0) is 4.79 Å². The number of aliphatic carboxylic acids is 1. The second kappa shape index (κ2) is 4.59. The number of carbonyl (C=O) groups is 1. The van der Waals surface area contributed by atoms with Gasteiger partial charge in [0, 0.05) is 24.8 Å². The smallest absolute Gasteiger partial charge is 0.308 e. The molecule has 1 N–H and O–H groups in total. The number of carboxylic acids is 1. The SMILES string of the molecule is CC1C(C(=O)O)CCN1c1cc([N+](=O)[O-])ccn1. The zero-order valence-electron chi connectivity index (χ0n) is 9.81. The van der Waals surface area contributed by atoms with Crippen LogP contribution in [0.15, 0.2) is 18.3 Å². The molecule has 96 valence electrons. The number of hydrogen-bond donors (Lipinski definition) is 1. The molecule has 1 fully saturated rings. The van der Waals surface area contributed by atoms with Gasteiger partial charge in [-0.25, -0.2) is 4.98 Å². The van der Waals surface area contributed by atoms with Gasteiger partial charge in [-0.3, -0.25) is 14.9 Å². The molecule has 18 heavy (non-hydrogen) atoms. The third-order valence-corrected chi connectivity index (χ3v) is 3.31. The molecule has 0 saturated carbocycles. The molecule has 1 aliphatic heterocycles. The Bertz CT molecular complexity index is 491. The minimum absolute atomic E-state index is 0.0361. The summed E-state index contributed by atoms with van der Waals surface area (Å²) in [5.74, 6) is -0.832. The highest BCUT2D eigenvalue weighted by atomic mass is 16.6. The van der Waals surface area contributed by atoms with Gasteiger partial charge in [0.25, 0.3) is 5.69 Å². The standard InChI is InChI=1S/C11H13N3O4/c1-7-9(11(15)16)3-5-13(7)10-6-8(14(17)18)2-4-12-10/h2,4,6-7,9H,3,5H2,1H3,(H,15,16). The highest BCUT2D eigenvalue weighted by Gasteiger charge is 2.36. The highest BCUT2D eigenvalue weighted by Crippen LogP contribution is 2.30. The van der Waals surface area contributed by atoms with E-state index in [-0.39, 0.29) is 11.7 Å². The van der Waals surface area contributed by atoms with Crippen molar-refractivity contribution in [2.75, 3.05) is 11.4 Å². The molecule has 0 bridgehead atoms. The van der Waals surface area contributed by atoms with E-state index in [9.17, 15) is 14.9 Å². The van der Waals surface area contributed by atoms with E-state index in [1.54, 1.807) is 11.8 Å². The maximum absolute atomic E-state index is 11.0. The Hall–Kier alpha value is -2.18. The van der Waals surface area contributed by atoms with Gasteiger partial charge in [-0.1, -0.05) is 0 Å². The number of rotatable bonds is 3. The lowest BCUT2D eigenvalue weighted by molar-refractivity contribution is -0.384. The highest BCUT2D eigenvalue weighted by molar-refractivity contribution is 5.72. The molecule has 0 aliphatic carbocycles. The van der Waals surface area contributed by atoms with E-state index >= 15 is 0 Å². The third kappa shape index (κ3) is 2.11. The van der Waals surface area contributed by atoms with Crippen molar-refractivity contribution < 1.29 is 14.8 Å². The number of anilines is 1. The Balaban J connectivity index is 2.25. The van der Waals surface area contributed by atoms with E-state index < -0.39 is 16.8 Å². The van der Waals surface area contributed by atoms with Crippen molar-refractivity contribution >= 4 is 17.5 Å². The van der Waals surface area contributed by atoms with Crippen LogP contribution in [0.3, 0.4) is 0 Å². The largest absolute Gasteiger partial charge is 0.481 e. The molecule has 1 saturated heterocycles. The van der Waals surface area contributed by atoms with Gasteiger partial charge in [-0.05, 0) is 13.3 Å². The summed E-state index contributed by atoms with van der Waals surface area (Å²) in [7, 11) is 0. The second-order valence-corrected chi connectivity index (χ2v) is 4.30. The van der Waals surface area contributed by atoms with E-state index in [2.05, 4.69) is 4.98 Å². The number of pyridine rings is 1. The maximum atomic E-state index is 11.0. The summed E-state index contributed by atoms with van der Waals surface area (Å²) in [6.45, 7) is 2.35. The molecular formula is C11H13N3O4. The molecule has 0 spiro atoms. The normalized spacial score (nSPS) is 23.1. The molecule has 0 aromatic carbocycles. The van der Waals surface area contributed by atoms with Crippen LogP contribution in [0, 0.1) is 16.0 Å². The average molecular weight is 251 g/mol. The first-order valence-corrected chi connectivity index (χ1v) is 5.60. The van der Waals surface area contributed by atoms with Crippen molar-refractivity contribution in [2.45, 2.75) is 19.4 Å². The van der Waals surface area contributed by atoms with Gasteiger partial charge in [-0.2, -0.15) is 0 Å². The zero-order chi connectivity index (χ0) is 13.3. The minimum Gasteiger partial charge on any atom is -0.481 e. The molecular weight excluding hydrogens is 238 g/mol. The fraction of sp³-hybridized carbons (Fsp3) is 0.455. The molecule has 2 heterocycles.